The monoisotopic (exact) mass is 541 g/mol. The number of rotatable bonds is 8. The number of alkyl halides is 3. The molecule has 2 aromatic carbocycles. The van der Waals surface area contributed by atoms with Crippen molar-refractivity contribution in [3.63, 3.8) is 0 Å². The van der Waals surface area contributed by atoms with Crippen LogP contribution in [0.2, 0.25) is 0 Å². The van der Waals surface area contributed by atoms with E-state index in [0.29, 0.717) is 30.4 Å². The zero-order chi connectivity index (χ0) is 28.0. The van der Waals surface area contributed by atoms with Gasteiger partial charge in [0.15, 0.2) is 0 Å². The van der Waals surface area contributed by atoms with E-state index in [1.165, 1.54) is 18.5 Å². The van der Waals surface area contributed by atoms with Crippen molar-refractivity contribution >= 4 is 23.2 Å². The van der Waals surface area contributed by atoms with Crippen molar-refractivity contribution in [1.82, 2.24) is 9.38 Å². The number of aromatic nitrogens is 2. The number of para-hydroxylation sites is 1. The van der Waals surface area contributed by atoms with Crippen molar-refractivity contribution in [3.8, 4) is 11.5 Å². The topological polar surface area (TPSA) is 102 Å². The Kier molecular flexibility index (Phi) is 8.38. The number of carbonyl (C=O) groups is 2. The van der Waals surface area contributed by atoms with Gasteiger partial charge < -0.3 is 24.3 Å². The number of ether oxygens (including phenoxy) is 2. The van der Waals surface area contributed by atoms with Crippen LogP contribution >= 0.6 is 0 Å². The van der Waals surface area contributed by atoms with E-state index in [1.54, 1.807) is 24.3 Å². The number of fused-ring (bicyclic) bond motifs is 1. The minimum atomic E-state index is -5.08. The number of aryl methyl sites for hydroxylation is 1. The number of hydrogen-bond donors (Lipinski definition) is 2. The van der Waals surface area contributed by atoms with Crippen LogP contribution in [0.25, 0.3) is 5.65 Å². The fourth-order valence-corrected chi connectivity index (χ4v) is 3.74. The Balaban J connectivity index is 0.000000448. The standard InChI is InChI=1S/C26H25N3O3.C2HF3O2/c1-18-25(19-7-8-19)28-24-14-11-21(17-29(18)24)27-26(30)20-9-12-23(13-10-20)32-16-15-31-22-5-3-2-4-6-22;3-2(4,5)1(6)7/h2-6,9-14,17,19H,7-8,15-16H2,1H3,(H,27,30);(H,6,7). The Morgan fingerprint density at radius 3 is 2.13 bits per heavy atom. The molecule has 8 nitrogen and oxygen atoms in total. The lowest BCUT2D eigenvalue weighted by molar-refractivity contribution is -0.192. The molecule has 0 atom stereocenters. The van der Waals surface area contributed by atoms with E-state index in [4.69, 9.17) is 24.4 Å². The van der Waals surface area contributed by atoms with Gasteiger partial charge in [0.2, 0.25) is 0 Å². The number of nitrogens with zero attached hydrogens (tertiary/aromatic N) is 2. The van der Waals surface area contributed by atoms with Crippen LogP contribution in [-0.2, 0) is 4.79 Å². The number of anilines is 1. The third kappa shape index (κ3) is 7.50. The second-order valence-corrected chi connectivity index (χ2v) is 8.79. The lowest BCUT2D eigenvalue weighted by atomic mass is 10.2. The summed E-state index contributed by atoms with van der Waals surface area (Å²) >= 11 is 0. The second kappa shape index (κ2) is 11.9. The van der Waals surface area contributed by atoms with Crippen LogP contribution in [0.1, 0.15) is 40.5 Å². The molecule has 39 heavy (non-hydrogen) atoms. The van der Waals surface area contributed by atoms with E-state index in [-0.39, 0.29) is 5.91 Å². The lowest BCUT2D eigenvalue weighted by Gasteiger charge is -2.09. The Morgan fingerprint density at radius 1 is 0.974 bits per heavy atom. The molecule has 0 aliphatic heterocycles. The maximum absolute atomic E-state index is 12.7. The molecule has 4 aromatic rings. The van der Waals surface area contributed by atoms with Crippen molar-refractivity contribution in [1.29, 1.82) is 0 Å². The number of nitrogens with one attached hydrogen (secondary N) is 1. The molecule has 11 heteroatoms. The predicted octanol–water partition coefficient (Wildman–Crippen LogP) is 5.86. The Morgan fingerprint density at radius 2 is 1.56 bits per heavy atom. The minimum absolute atomic E-state index is 0.163. The molecule has 204 valence electrons. The summed E-state index contributed by atoms with van der Waals surface area (Å²) in [6, 6.07) is 20.6. The summed E-state index contributed by atoms with van der Waals surface area (Å²) in [4.78, 5) is 26.3. The van der Waals surface area contributed by atoms with Crippen LogP contribution in [0, 0.1) is 6.92 Å². The summed E-state index contributed by atoms with van der Waals surface area (Å²) in [6.45, 7) is 2.96. The Bertz CT molecular complexity index is 1430. The third-order valence-corrected chi connectivity index (χ3v) is 5.84. The van der Waals surface area contributed by atoms with Gasteiger partial charge in [-0.3, -0.25) is 4.79 Å². The van der Waals surface area contributed by atoms with Crippen molar-refractivity contribution in [2.45, 2.75) is 31.9 Å². The number of pyridine rings is 1. The molecule has 0 saturated heterocycles. The van der Waals surface area contributed by atoms with Gasteiger partial charge in [0.1, 0.15) is 30.4 Å². The first-order chi connectivity index (χ1) is 18.6. The predicted molar refractivity (Wildman–Crippen MR) is 137 cm³/mol. The molecule has 0 spiro atoms. The average Bonchev–Trinajstić information content (AvgIpc) is 3.71. The fourth-order valence-electron chi connectivity index (χ4n) is 3.74. The van der Waals surface area contributed by atoms with Gasteiger partial charge in [-0.25, -0.2) is 9.78 Å². The maximum atomic E-state index is 12.7. The number of halogens is 3. The van der Waals surface area contributed by atoms with E-state index >= 15 is 0 Å². The third-order valence-electron chi connectivity index (χ3n) is 5.84. The van der Waals surface area contributed by atoms with E-state index in [0.717, 1.165) is 22.8 Å². The van der Waals surface area contributed by atoms with Crippen LogP contribution in [0.5, 0.6) is 11.5 Å². The summed E-state index contributed by atoms with van der Waals surface area (Å²) in [5, 5.41) is 10.1. The van der Waals surface area contributed by atoms with E-state index in [2.05, 4.69) is 16.6 Å². The maximum Gasteiger partial charge on any atom is 0.490 e. The number of carbonyl (C=O) groups excluding carboxylic acids is 1. The summed E-state index contributed by atoms with van der Waals surface area (Å²) in [5.74, 6) is -0.813. The molecule has 0 bridgehead atoms. The van der Waals surface area contributed by atoms with Crippen molar-refractivity contribution < 1.29 is 37.3 Å². The van der Waals surface area contributed by atoms with Crippen LogP contribution < -0.4 is 14.8 Å². The summed E-state index contributed by atoms with van der Waals surface area (Å²) < 4.78 is 45.1. The number of hydrogen-bond acceptors (Lipinski definition) is 5. The molecular weight excluding hydrogens is 515 g/mol. The van der Waals surface area contributed by atoms with Gasteiger partial charge in [-0.2, -0.15) is 13.2 Å². The number of carboxylic acid groups (broad SMARTS) is 1. The Hall–Kier alpha value is -4.54. The number of benzene rings is 2. The summed E-state index contributed by atoms with van der Waals surface area (Å²) in [5.41, 5.74) is 4.55. The number of aliphatic carboxylic acids is 1. The van der Waals surface area contributed by atoms with E-state index in [9.17, 15) is 18.0 Å². The van der Waals surface area contributed by atoms with Crippen molar-refractivity contribution in [2.24, 2.45) is 0 Å². The molecule has 0 radical (unpaired) electrons. The Labute approximate surface area is 222 Å². The molecule has 2 N–H and O–H groups in total. The van der Waals surface area contributed by atoms with Crippen LogP contribution in [0.3, 0.4) is 0 Å². The summed E-state index contributed by atoms with van der Waals surface area (Å²) in [7, 11) is 0. The fraction of sp³-hybridized carbons (Fsp3) is 0.250. The molecule has 2 heterocycles. The molecule has 1 saturated carbocycles. The van der Waals surface area contributed by atoms with E-state index < -0.39 is 12.1 Å². The second-order valence-electron chi connectivity index (χ2n) is 8.79. The average molecular weight is 542 g/mol. The normalized spacial score (nSPS) is 12.8. The SMILES string of the molecule is Cc1c(C2CC2)nc2ccc(NC(=O)c3ccc(OCCOc4ccccc4)cc3)cn12.O=C(O)C(F)(F)F. The van der Waals surface area contributed by atoms with E-state index in [1.807, 2.05) is 48.7 Å². The minimum Gasteiger partial charge on any atom is -0.490 e. The first-order valence-electron chi connectivity index (χ1n) is 12.1. The van der Waals surface area contributed by atoms with Crippen LogP contribution in [-0.4, -0.2) is 45.8 Å². The van der Waals surface area contributed by atoms with Gasteiger partial charge in [0, 0.05) is 23.4 Å². The summed E-state index contributed by atoms with van der Waals surface area (Å²) in [6.07, 6.45) is -0.714. The van der Waals surface area contributed by atoms with Crippen molar-refractivity contribution in [3.05, 3.63) is 89.9 Å². The number of imidazole rings is 1. The smallest absolute Gasteiger partial charge is 0.490 e. The molecule has 2 aromatic heterocycles. The van der Waals surface area contributed by atoms with Crippen LogP contribution in [0.15, 0.2) is 72.9 Å². The highest BCUT2D eigenvalue weighted by molar-refractivity contribution is 6.04. The zero-order valence-electron chi connectivity index (χ0n) is 20.9. The molecule has 1 fully saturated rings. The first-order valence-corrected chi connectivity index (χ1v) is 12.1. The van der Waals surface area contributed by atoms with Gasteiger partial charge in [-0.05, 0) is 68.3 Å². The van der Waals surface area contributed by atoms with Gasteiger partial charge in [-0.1, -0.05) is 18.2 Å². The highest BCUT2D eigenvalue weighted by atomic mass is 19.4. The van der Waals surface area contributed by atoms with Gasteiger partial charge in [0.05, 0.1) is 11.4 Å². The van der Waals surface area contributed by atoms with Crippen LogP contribution in [0.4, 0.5) is 18.9 Å². The zero-order valence-corrected chi connectivity index (χ0v) is 20.9. The molecule has 5 rings (SSSR count). The molecule has 0 unspecified atom stereocenters. The molecule has 1 aliphatic rings. The largest absolute Gasteiger partial charge is 0.490 e. The molecule has 1 aliphatic carbocycles. The number of amides is 1. The quantitative estimate of drug-likeness (QED) is 0.271. The van der Waals surface area contributed by atoms with Crippen molar-refractivity contribution in [2.75, 3.05) is 18.5 Å². The van der Waals surface area contributed by atoms with Gasteiger partial charge in [0.25, 0.3) is 5.91 Å². The lowest BCUT2D eigenvalue weighted by Crippen LogP contribution is -2.21. The highest BCUT2D eigenvalue weighted by Gasteiger charge is 2.38. The van der Waals surface area contributed by atoms with Gasteiger partial charge in [-0.15, -0.1) is 0 Å². The number of carboxylic acids is 1. The highest BCUT2D eigenvalue weighted by Crippen LogP contribution is 2.41. The van der Waals surface area contributed by atoms with Gasteiger partial charge >= 0.3 is 12.1 Å². The molecular formula is C28H26F3N3O5. The molecule has 1 amide bonds. The first kappa shape index (κ1) is 27.5.